The van der Waals surface area contributed by atoms with Gasteiger partial charge in [0.25, 0.3) is 0 Å². The van der Waals surface area contributed by atoms with Crippen molar-refractivity contribution in [2.24, 2.45) is 11.8 Å². The SMILES string of the molecule is CCCCCCOc1ccc(OC(=O)c2ccc(OC(=O)C(Cl)C(C)C)c(Cl)c2)cc1.CCCCCOc1ccc(OC(=O)c2ccc(OC(=O)C(Cl)C(C)C)c(Cl)c2)cc1. The molecule has 0 aliphatic carbocycles. The van der Waals surface area contributed by atoms with Gasteiger partial charge >= 0.3 is 23.9 Å². The van der Waals surface area contributed by atoms with Gasteiger partial charge in [-0.15, -0.1) is 23.2 Å². The van der Waals surface area contributed by atoms with Crippen LogP contribution in [-0.4, -0.2) is 47.8 Å². The van der Waals surface area contributed by atoms with Crippen LogP contribution in [0.3, 0.4) is 0 Å². The number of unbranched alkanes of at least 4 members (excludes halogenated alkanes) is 5. The van der Waals surface area contributed by atoms with Crippen LogP contribution in [0.15, 0.2) is 84.9 Å². The summed E-state index contributed by atoms with van der Waals surface area (Å²) < 4.78 is 32.5. The molecular weight excluding hydrogens is 866 g/mol. The lowest BCUT2D eigenvalue weighted by Crippen LogP contribution is -2.25. The molecule has 0 fully saturated rings. The van der Waals surface area contributed by atoms with Crippen LogP contribution in [0, 0.1) is 11.8 Å². The van der Waals surface area contributed by atoms with Crippen molar-refractivity contribution in [2.45, 2.75) is 97.2 Å². The van der Waals surface area contributed by atoms with Gasteiger partial charge in [0.15, 0.2) is 0 Å². The van der Waals surface area contributed by atoms with Gasteiger partial charge in [-0.3, -0.25) is 9.59 Å². The molecule has 2 unspecified atom stereocenters. The van der Waals surface area contributed by atoms with E-state index in [0.717, 1.165) is 43.6 Å². The van der Waals surface area contributed by atoms with Crippen LogP contribution < -0.4 is 28.4 Å². The topological polar surface area (TPSA) is 124 Å². The van der Waals surface area contributed by atoms with Gasteiger partial charge in [0.1, 0.15) is 45.3 Å². The molecule has 0 bridgehead atoms. The Morgan fingerprint density at radius 2 is 0.820 bits per heavy atom. The molecule has 0 aliphatic rings. The zero-order valence-corrected chi connectivity index (χ0v) is 38.4. The lowest BCUT2D eigenvalue weighted by Gasteiger charge is -2.13. The molecule has 0 heterocycles. The van der Waals surface area contributed by atoms with E-state index in [9.17, 15) is 19.2 Å². The molecule has 4 aromatic rings. The monoisotopic (exact) mass is 918 g/mol. The molecule has 10 nitrogen and oxygen atoms in total. The van der Waals surface area contributed by atoms with Crippen molar-refractivity contribution in [3.8, 4) is 34.5 Å². The molecule has 0 radical (unpaired) electrons. The van der Waals surface area contributed by atoms with Gasteiger partial charge in [-0.1, -0.05) is 96.8 Å². The minimum atomic E-state index is -0.788. The maximum Gasteiger partial charge on any atom is 0.343 e. The minimum absolute atomic E-state index is 0.0830. The molecule has 4 aromatic carbocycles. The van der Waals surface area contributed by atoms with E-state index in [-0.39, 0.29) is 44.5 Å². The van der Waals surface area contributed by atoms with Crippen LogP contribution in [-0.2, 0) is 9.59 Å². The second kappa shape index (κ2) is 26.8. The number of alkyl halides is 2. The molecule has 330 valence electrons. The highest BCUT2D eigenvalue weighted by Crippen LogP contribution is 2.30. The van der Waals surface area contributed by atoms with Gasteiger partial charge in [0.05, 0.1) is 34.4 Å². The number of carbonyl (C=O) groups excluding carboxylic acids is 4. The van der Waals surface area contributed by atoms with Gasteiger partial charge in [0.2, 0.25) is 0 Å². The molecule has 0 aliphatic heterocycles. The summed E-state index contributed by atoms with van der Waals surface area (Å²) in [5.41, 5.74) is 0.457. The summed E-state index contributed by atoms with van der Waals surface area (Å²) in [5, 5.41) is -1.35. The fourth-order valence-electron chi connectivity index (χ4n) is 5.10. The Balaban J connectivity index is 0.000000325. The van der Waals surface area contributed by atoms with E-state index >= 15 is 0 Å². The van der Waals surface area contributed by atoms with Crippen LogP contribution in [0.2, 0.25) is 10.0 Å². The molecule has 2 atom stereocenters. The normalized spacial score (nSPS) is 11.8. The van der Waals surface area contributed by atoms with E-state index in [4.69, 9.17) is 74.8 Å². The van der Waals surface area contributed by atoms with Crippen LogP contribution in [0.5, 0.6) is 34.5 Å². The van der Waals surface area contributed by atoms with Gasteiger partial charge in [0, 0.05) is 0 Å². The first-order chi connectivity index (χ1) is 29.1. The lowest BCUT2D eigenvalue weighted by atomic mass is 10.1. The summed E-state index contributed by atoms with van der Waals surface area (Å²) in [7, 11) is 0. The number of hydrogen-bond donors (Lipinski definition) is 0. The maximum absolute atomic E-state index is 12.4. The zero-order valence-electron chi connectivity index (χ0n) is 35.4. The average molecular weight is 921 g/mol. The van der Waals surface area contributed by atoms with E-state index in [2.05, 4.69) is 13.8 Å². The van der Waals surface area contributed by atoms with Gasteiger partial charge in [-0.2, -0.15) is 0 Å². The summed E-state index contributed by atoms with van der Waals surface area (Å²) in [4.78, 5) is 48.8. The quantitative estimate of drug-likeness (QED) is 0.0345. The average Bonchev–Trinajstić information content (AvgIpc) is 3.24. The number of ether oxygens (including phenoxy) is 6. The molecule has 14 heteroatoms. The first-order valence-electron chi connectivity index (χ1n) is 20.3. The third-order valence-corrected chi connectivity index (χ3v) is 10.7. The molecule has 0 aromatic heterocycles. The molecular formula is C47H54Cl4O10. The zero-order chi connectivity index (χ0) is 44.9. The van der Waals surface area contributed by atoms with Crippen molar-refractivity contribution in [2.75, 3.05) is 13.2 Å². The molecule has 0 saturated carbocycles. The highest BCUT2D eigenvalue weighted by molar-refractivity contribution is 6.34. The van der Waals surface area contributed by atoms with E-state index in [1.807, 2.05) is 27.7 Å². The minimum Gasteiger partial charge on any atom is -0.494 e. The molecule has 0 N–H and O–H groups in total. The van der Waals surface area contributed by atoms with E-state index in [1.165, 1.54) is 49.2 Å². The third kappa shape index (κ3) is 17.8. The van der Waals surface area contributed by atoms with Crippen molar-refractivity contribution in [3.05, 3.63) is 106 Å². The predicted octanol–water partition coefficient (Wildman–Crippen LogP) is 13.0. The van der Waals surface area contributed by atoms with Gasteiger partial charge in [-0.05, 0) is 110 Å². The highest BCUT2D eigenvalue weighted by atomic mass is 35.5. The first-order valence-corrected chi connectivity index (χ1v) is 22.0. The van der Waals surface area contributed by atoms with E-state index in [0.29, 0.717) is 24.7 Å². The van der Waals surface area contributed by atoms with Crippen molar-refractivity contribution in [3.63, 3.8) is 0 Å². The van der Waals surface area contributed by atoms with E-state index < -0.39 is 34.6 Å². The Labute approximate surface area is 379 Å². The highest BCUT2D eigenvalue weighted by Gasteiger charge is 2.24. The smallest absolute Gasteiger partial charge is 0.343 e. The Hall–Kier alpha value is -4.48. The fourth-order valence-corrected chi connectivity index (χ4v) is 5.62. The van der Waals surface area contributed by atoms with Crippen LogP contribution in [0.25, 0.3) is 0 Å². The number of benzene rings is 4. The largest absolute Gasteiger partial charge is 0.494 e. The second-order valence-electron chi connectivity index (χ2n) is 14.6. The standard InChI is InChI=1S/C24H28Cl2O5.C23H26Cl2O5/c1-4-5-6-7-14-29-18-9-11-19(12-10-18)30-23(27)17-8-13-21(20(25)15-17)31-24(28)22(26)16(2)3;1-4-5-6-13-28-17-8-10-18(11-9-17)29-22(26)16-7-12-20(19(24)14-16)30-23(27)21(25)15(2)3/h8-13,15-16,22H,4-7,14H2,1-3H3;7-12,14-15,21H,4-6,13H2,1-3H3. The molecule has 0 saturated heterocycles. The first kappa shape index (κ1) is 50.9. The van der Waals surface area contributed by atoms with Crippen molar-refractivity contribution in [1.82, 2.24) is 0 Å². The number of halogens is 4. The Morgan fingerprint density at radius 1 is 0.475 bits per heavy atom. The Morgan fingerprint density at radius 3 is 1.16 bits per heavy atom. The van der Waals surface area contributed by atoms with Crippen molar-refractivity contribution in [1.29, 1.82) is 0 Å². The van der Waals surface area contributed by atoms with Crippen LogP contribution in [0.4, 0.5) is 0 Å². The van der Waals surface area contributed by atoms with Crippen molar-refractivity contribution >= 4 is 70.3 Å². The number of esters is 4. The van der Waals surface area contributed by atoms with Gasteiger partial charge in [-0.25, -0.2) is 9.59 Å². The fraction of sp³-hybridized carbons (Fsp3) is 0.404. The molecule has 61 heavy (non-hydrogen) atoms. The Bertz CT molecular complexity index is 2000. The molecule has 0 spiro atoms. The van der Waals surface area contributed by atoms with Crippen LogP contribution in [0.1, 0.15) is 107 Å². The summed E-state index contributed by atoms with van der Waals surface area (Å²) in [6, 6.07) is 22.3. The number of rotatable bonds is 21. The summed E-state index contributed by atoms with van der Waals surface area (Å²) in [5.74, 6) is -0.0315. The number of hydrogen-bond acceptors (Lipinski definition) is 10. The Kier molecular flexibility index (Phi) is 22.3. The predicted molar refractivity (Wildman–Crippen MR) is 241 cm³/mol. The molecule has 0 amide bonds. The van der Waals surface area contributed by atoms with Crippen LogP contribution >= 0.6 is 46.4 Å². The second-order valence-corrected chi connectivity index (χ2v) is 16.4. The van der Waals surface area contributed by atoms with Crippen molar-refractivity contribution < 1.29 is 47.6 Å². The number of carbonyl (C=O) groups is 4. The molecule has 4 rings (SSSR count). The van der Waals surface area contributed by atoms with Gasteiger partial charge < -0.3 is 28.4 Å². The lowest BCUT2D eigenvalue weighted by molar-refractivity contribution is -0.135. The summed E-state index contributed by atoms with van der Waals surface area (Å²) >= 11 is 24.3. The maximum atomic E-state index is 12.4. The third-order valence-electron chi connectivity index (χ3n) is 8.73. The summed E-state index contributed by atoms with van der Waals surface area (Å²) in [6.07, 6.45) is 7.82. The van der Waals surface area contributed by atoms with E-state index in [1.54, 1.807) is 48.5 Å². The summed E-state index contributed by atoms with van der Waals surface area (Å²) in [6.45, 7) is 12.9.